The summed E-state index contributed by atoms with van der Waals surface area (Å²) in [6.45, 7) is 0. The molecule has 1 aliphatic carbocycles. The molecule has 2 aromatic heterocycles. The number of hydrogen-bond donors (Lipinski definition) is 1. The van der Waals surface area contributed by atoms with E-state index in [1.807, 2.05) is 18.6 Å². The molecule has 2 heterocycles. The molecule has 25 heavy (non-hydrogen) atoms. The molecule has 5 nitrogen and oxygen atoms in total. The highest BCUT2D eigenvalue weighted by Crippen LogP contribution is 2.32. The van der Waals surface area contributed by atoms with Crippen molar-refractivity contribution in [3.05, 3.63) is 42.9 Å². The smallest absolute Gasteiger partial charge is 0.157 e. The zero-order chi connectivity index (χ0) is 17.2. The summed E-state index contributed by atoms with van der Waals surface area (Å²) >= 11 is 0. The van der Waals surface area contributed by atoms with Crippen LogP contribution < -0.4 is 10.2 Å². The fourth-order valence-electron chi connectivity index (χ4n) is 3.60. The van der Waals surface area contributed by atoms with E-state index in [9.17, 15) is 0 Å². The van der Waals surface area contributed by atoms with Crippen LogP contribution in [0.2, 0.25) is 0 Å². The fraction of sp³-hybridized carbons (Fsp3) is 0.400. The molecule has 0 unspecified atom stereocenters. The second kappa shape index (κ2) is 6.75. The topological polar surface area (TPSA) is 45.5 Å². The number of imidazole rings is 1. The molecule has 0 spiro atoms. The number of fused-ring (bicyclic) bond motifs is 1. The molecule has 1 fully saturated rings. The van der Waals surface area contributed by atoms with Crippen molar-refractivity contribution in [2.75, 3.05) is 24.3 Å². The molecule has 0 atom stereocenters. The van der Waals surface area contributed by atoms with Crippen LogP contribution in [0.15, 0.2) is 42.9 Å². The van der Waals surface area contributed by atoms with Gasteiger partial charge < -0.3 is 10.2 Å². The third-order valence-corrected chi connectivity index (χ3v) is 5.03. The monoisotopic (exact) mass is 335 g/mol. The van der Waals surface area contributed by atoms with Crippen molar-refractivity contribution in [1.82, 2.24) is 14.4 Å². The largest absolute Gasteiger partial charge is 0.378 e. The van der Waals surface area contributed by atoms with Crippen molar-refractivity contribution in [1.29, 1.82) is 0 Å². The summed E-state index contributed by atoms with van der Waals surface area (Å²) < 4.78 is 2.12. The van der Waals surface area contributed by atoms with E-state index < -0.39 is 0 Å². The minimum atomic E-state index is 0.529. The molecule has 0 amide bonds. The van der Waals surface area contributed by atoms with Crippen LogP contribution >= 0.6 is 0 Å². The molecular formula is C20H25N5. The van der Waals surface area contributed by atoms with Crippen LogP contribution in [0.5, 0.6) is 0 Å². The second-order valence-electron chi connectivity index (χ2n) is 7.03. The van der Waals surface area contributed by atoms with Gasteiger partial charge in [-0.1, -0.05) is 31.4 Å². The van der Waals surface area contributed by atoms with Gasteiger partial charge in [0.05, 0.1) is 6.20 Å². The van der Waals surface area contributed by atoms with Crippen molar-refractivity contribution < 1.29 is 0 Å². The van der Waals surface area contributed by atoms with E-state index in [1.54, 1.807) is 0 Å². The number of anilines is 2. The van der Waals surface area contributed by atoms with Gasteiger partial charge in [0.1, 0.15) is 11.5 Å². The first-order valence-electron chi connectivity index (χ1n) is 9.09. The van der Waals surface area contributed by atoms with Crippen LogP contribution in [0, 0.1) is 0 Å². The number of rotatable bonds is 4. The summed E-state index contributed by atoms with van der Waals surface area (Å²) in [5.41, 5.74) is 4.21. The van der Waals surface area contributed by atoms with Crippen molar-refractivity contribution in [3.8, 4) is 11.3 Å². The molecule has 0 radical (unpaired) electrons. The van der Waals surface area contributed by atoms with Crippen LogP contribution in [-0.2, 0) is 0 Å². The quantitative estimate of drug-likeness (QED) is 0.776. The van der Waals surface area contributed by atoms with E-state index in [0.717, 1.165) is 22.7 Å². The Labute approximate surface area is 148 Å². The average Bonchev–Trinajstić information content (AvgIpc) is 3.01. The molecule has 0 saturated heterocycles. The van der Waals surface area contributed by atoms with E-state index in [1.165, 1.54) is 37.8 Å². The zero-order valence-electron chi connectivity index (χ0n) is 14.9. The highest BCUT2D eigenvalue weighted by molar-refractivity contribution is 5.77. The fourth-order valence-corrected chi connectivity index (χ4v) is 3.60. The minimum Gasteiger partial charge on any atom is -0.378 e. The number of aromatic nitrogens is 3. The summed E-state index contributed by atoms with van der Waals surface area (Å²) in [5, 5.41) is 3.77. The Bertz CT molecular complexity index is 844. The molecule has 0 aliphatic heterocycles. The Morgan fingerprint density at radius 3 is 2.56 bits per heavy atom. The lowest BCUT2D eigenvalue weighted by Crippen LogP contribution is -2.23. The third kappa shape index (κ3) is 3.18. The summed E-state index contributed by atoms with van der Waals surface area (Å²) in [6.07, 6.45) is 12.1. The summed E-state index contributed by atoms with van der Waals surface area (Å²) in [5.74, 6) is 1.09. The molecular weight excluding hydrogens is 310 g/mol. The van der Waals surface area contributed by atoms with Gasteiger partial charge in [0, 0.05) is 43.8 Å². The summed E-state index contributed by atoms with van der Waals surface area (Å²) in [6, 6.07) is 9.11. The van der Waals surface area contributed by atoms with Crippen LogP contribution in [0.1, 0.15) is 32.1 Å². The Morgan fingerprint density at radius 2 is 1.84 bits per heavy atom. The van der Waals surface area contributed by atoms with Gasteiger partial charge in [0.2, 0.25) is 0 Å². The summed E-state index contributed by atoms with van der Waals surface area (Å²) in [4.78, 5) is 11.2. The predicted molar refractivity (Wildman–Crippen MR) is 103 cm³/mol. The highest BCUT2D eigenvalue weighted by Gasteiger charge is 2.19. The Kier molecular flexibility index (Phi) is 4.30. The maximum Gasteiger partial charge on any atom is 0.157 e. The molecule has 0 bridgehead atoms. The number of benzene rings is 1. The molecule has 3 aromatic rings. The van der Waals surface area contributed by atoms with E-state index in [2.05, 4.69) is 58.0 Å². The van der Waals surface area contributed by atoms with E-state index in [4.69, 9.17) is 4.98 Å². The summed E-state index contributed by atoms with van der Waals surface area (Å²) in [7, 11) is 4.11. The Balaban J connectivity index is 1.75. The van der Waals surface area contributed by atoms with Crippen LogP contribution in [0.25, 0.3) is 16.9 Å². The van der Waals surface area contributed by atoms with Crippen LogP contribution in [0.4, 0.5) is 11.5 Å². The number of hydrogen-bond acceptors (Lipinski definition) is 4. The third-order valence-electron chi connectivity index (χ3n) is 5.03. The molecule has 130 valence electrons. The number of nitrogens with zero attached hydrogens (tertiary/aromatic N) is 4. The molecule has 4 rings (SSSR count). The van der Waals surface area contributed by atoms with E-state index in [-0.39, 0.29) is 0 Å². The first-order chi connectivity index (χ1) is 12.2. The molecule has 1 saturated carbocycles. The second-order valence-corrected chi connectivity index (χ2v) is 7.03. The lowest BCUT2D eigenvalue weighted by molar-refractivity contribution is 0.461. The molecule has 1 N–H and O–H groups in total. The Hall–Kier alpha value is -2.56. The molecule has 1 aliphatic rings. The van der Waals surface area contributed by atoms with Crippen LogP contribution in [0.3, 0.4) is 0 Å². The van der Waals surface area contributed by atoms with Gasteiger partial charge in [0.25, 0.3) is 0 Å². The zero-order valence-corrected chi connectivity index (χ0v) is 14.9. The van der Waals surface area contributed by atoms with Crippen molar-refractivity contribution in [2.45, 2.75) is 38.1 Å². The highest BCUT2D eigenvalue weighted by atomic mass is 15.2. The minimum absolute atomic E-state index is 0.529. The average molecular weight is 335 g/mol. The maximum atomic E-state index is 4.85. The van der Waals surface area contributed by atoms with Gasteiger partial charge in [0.15, 0.2) is 5.65 Å². The van der Waals surface area contributed by atoms with Gasteiger partial charge in [-0.05, 0) is 25.0 Å². The lowest BCUT2D eigenvalue weighted by atomic mass is 9.95. The van der Waals surface area contributed by atoms with Gasteiger partial charge >= 0.3 is 0 Å². The van der Waals surface area contributed by atoms with Gasteiger partial charge in [-0.25, -0.2) is 4.98 Å². The standard InChI is InChI=1S/C20H25N5/c1-24(2)17-10-8-15(9-11-17)19-20(22-16-6-4-3-5-7-16)25-13-12-21-14-18(25)23-19/h8-14,16,22H,3-7H2,1-2H3. The normalized spacial score (nSPS) is 15.4. The first-order valence-corrected chi connectivity index (χ1v) is 9.09. The predicted octanol–water partition coefficient (Wildman–Crippen LogP) is 4.21. The first kappa shape index (κ1) is 15.9. The van der Waals surface area contributed by atoms with Crippen molar-refractivity contribution >= 4 is 17.2 Å². The maximum absolute atomic E-state index is 4.85. The van der Waals surface area contributed by atoms with Gasteiger partial charge in [-0.3, -0.25) is 9.38 Å². The van der Waals surface area contributed by atoms with Crippen molar-refractivity contribution in [2.24, 2.45) is 0 Å². The molecule has 1 aromatic carbocycles. The van der Waals surface area contributed by atoms with E-state index >= 15 is 0 Å². The van der Waals surface area contributed by atoms with Crippen LogP contribution in [-0.4, -0.2) is 34.5 Å². The molecule has 5 heteroatoms. The van der Waals surface area contributed by atoms with Gasteiger partial charge in [-0.15, -0.1) is 0 Å². The van der Waals surface area contributed by atoms with Crippen molar-refractivity contribution in [3.63, 3.8) is 0 Å². The number of nitrogens with one attached hydrogen (secondary N) is 1. The van der Waals surface area contributed by atoms with E-state index in [0.29, 0.717) is 6.04 Å². The SMILES string of the molecule is CN(C)c1ccc(-c2nc3cnccn3c2NC2CCCCC2)cc1. The lowest BCUT2D eigenvalue weighted by Gasteiger charge is -2.24. The Morgan fingerprint density at radius 1 is 1.08 bits per heavy atom. The van der Waals surface area contributed by atoms with Gasteiger partial charge in [-0.2, -0.15) is 0 Å².